The first-order valence-electron chi connectivity index (χ1n) is 12.6. The molecule has 36 heavy (non-hydrogen) atoms. The molecule has 3 aromatic carbocycles. The SMILES string of the molecule is CN(C)c1ccc(NC(=O)C2(N(Cc3ccccc3F)C(=O)Cc3ccccc3)CCCCC2)cc1. The molecule has 1 aliphatic carbocycles. The number of hydrogen-bond acceptors (Lipinski definition) is 3. The van der Waals surface area contributed by atoms with E-state index in [1.165, 1.54) is 6.07 Å². The average molecular weight is 488 g/mol. The minimum Gasteiger partial charge on any atom is -0.378 e. The van der Waals surface area contributed by atoms with Crippen molar-refractivity contribution in [2.45, 2.75) is 50.6 Å². The van der Waals surface area contributed by atoms with Gasteiger partial charge in [0.25, 0.3) is 0 Å². The van der Waals surface area contributed by atoms with Crippen molar-refractivity contribution in [3.63, 3.8) is 0 Å². The van der Waals surface area contributed by atoms with Crippen LogP contribution in [0.15, 0.2) is 78.9 Å². The fourth-order valence-electron chi connectivity index (χ4n) is 4.99. The summed E-state index contributed by atoms with van der Waals surface area (Å²) in [5, 5.41) is 3.07. The molecule has 2 amide bonds. The third kappa shape index (κ3) is 5.76. The Morgan fingerprint density at radius 2 is 1.50 bits per heavy atom. The molecule has 0 aliphatic heterocycles. The first kappa shape index (κ1) is 25.4. The lowest BCUT2D eigenvalue weighted by molar-refractivity contribution is -0.148. The van der Waals surface area contributed by atoms with Crippen LogP contribution >= 0.6 is 0 Å². The van der Waals surface area contributed by atoms with E-state index in [0.29, 0.717) is 24.1 Å². The number of carbonyl (C=O) groups is 2. The van der Waals surface area contributed by atoms with Crippen LogP contribution in [0.3, 0.4) is 0 Å². The average Bonchev–Trinajstić information content (AvgIpc) is 2.89. The van der Waals surface area contributed by atoms with Gasteiger partial charge in [-0.15, -0.1) is 0 Å². The molecule has 0 radical (unpaired) electrons. The Balaban J connectivity index is 1.68. The third-order valence-electron chi connectivity index (χ3n) is 7.05. The van der Waals surface area contributed by atoms with E-state index >= 15 is 0 Å². The smallest absolute Gasteiger partial charge is 0.250 e. The summed E-state index contributed by atoms with van der Waals surface area (Å²) in [6.45, 7) is 0.0470. The normalized spacial score (nSPS) is 14.6. The molecule has 1 aliphatic rings. The van der Waals surface area contributed by atoms with E-state index < -0.39 is 5.54 Å². The number of halogens is 1. The molecule has 1 N–H and O–H groups in total. The molecule has 6 heteroatoms. The van der Waals surface area contributed by atoms with Crippen molar-refractivity contribution >= 4 is 23.2 Å². The lowest BCUT2D eigenvalue weighted by Gasteiger charge is -2.45. The van der Waals surface area contributed by atoms with Gasteiger partial charge in [-0.25, -0.2) is 4.39 Å². The lowest BCUT2D eigenvalue weighted by atomic mass is 9.78. The van der Waals surface area contributed by atoms with Crippen LogP contribution in [0.2, 0.25) is 0 Å². The van der Waals surface area contributed by atoms with Crippen molar-refractivity contribution in [2.24, 2.45) is 0 Å². The van der Waals surface area contributed by atoms with Gasteiger partial charge in [0.05, 0.1) is 6.42 Å². The number of hydrogen-bond donors (Lipinski definition) is 1. The highest BCUT2D eigenvalue weighted by Crippen LogP contribution is 2.37. The van der Waals surface area contributed by atoms with Crippen molar-refractivity contribution in [3.05, 3.63) is 95.8 Å². The van der Waals surface area contributed by atoms with E-state index in [-0.39, 0.29) is 30.6 Å². The Hall–Kier alpha value is -3.67. The number of carbonyl (C=O) groups excluding carboxylic acids is 2. The summed E-state index contributed by atoms with van der Waals surface area (Å²) in [5.74, 6) is -0.761. The van der Waals surface area contributed by atoms with Crippen LogP contribution in [0.4, 0.5) is 15.8 Å². The number of anilines is 2. The van der Waals surface area contributed by atoms with Crippen molar-refractivity contribution in [2.75, 3.05) is 24.3 Å². The summed E-state index contributed by atoms with van der Waals surface area (Å²) in [7, 11) is 3.92. The van der Waals surface area contributed by atoms with Gasteiger partial charge in [0.15, 0.2) is 0 Å². The number of benzene rings is 3. The van der Waals surface area contributed by atoms with E-state index in [1.54, 1.807) is 23.1 Å². The Labute approximate surface area is 212 Å². The molecule has 3 aromatic rings. The molecule has 1 fully saturated rings. The zero-order chi connectivity index (χ0) is 25.5. The van der Waals surface area contributed by atoms with Gasteiger partial charge < -0.3 is 15.1 Å². The molecule has 0 heterocycles. The second kappa shape index (κ2) is 11.4. The summed E-state index contributed by atoms with van der Waals surface area (Å²) in [4.78, 5) is 31.4. The zero-order valence-corrected chi connectivity index (χ0v) is 21.0. The van der Waals surface area contributed by atoms with Gasteiger partial charge in [0.1, 0.15) is 11.4 Å². The standard InChI is InChI=1S/C30H34FN3O2/c1-33(2)26-17-15-25(16-18-26)32-29(36)30(19-9-4-10-20-30)34(22-24-13-7-8-14-27(24)31)28(35)21-23-11-5-3-6-12-23/h3,5-8,11-18H,4,9-10,19-22H2,1-2H3,(H,32,36). The quantitative estimate of drug-likeness (QED) is 0.437. The van der Waals surface area contributed by atoms with Gasteiger partial charge in [-0.1, -0.05) is 67.8 Å². The fourth-order valence-corrected chi connectivity index (χ4v) is 4.99. The topological polar surface area (TPSA) is 52.7 Å². The molecule has 0 saturated heterocycles. The van der Waals surface area contributed by atoms with Crippen LogP contribution < -0.4 is 10.2 Å². The Kier molecular flexibility index (Phi) is 8.04. The van der Waals surface area contributed by atoms with Gasteiger partial charge in [-0.3, -0.25) is 9.59 Å². The summed E-state index contributed by atoms with van der Waals surface area (Å²) < 4.78 is 14.7. The number of nitrogens with zero attached hydrogens (tertiary/aromatic N) is 2. The largest absolute Gasteiger partial charge is 0.378 e. The van der Waals surface area contributed by atoms with E-state index in [1.807, 2.05) is 73.6 Å². The van der Waals surface area contributed by atoms with Crippen LogP contribution in [0.5, 0.6) is 0 Å². The van der Waals surface area contributed by atoms with E-state index in [2.05, 4.69) is 5.32 Å². The first-order valence-corrected chi connectivity index (χ1v) is 12.6. The molecule has 0 bridgehead atoms. The number of rotatable bonds is 8. The van der Waals surface area contributed by atoms with Gasteiger partial charge in [-0.05, 0) is 48.7 Å². The zero-order valence-electron chi connectivity index (χ0n) is 21.0. The molecular weight excluding hydrogens is 453 g/mol. The second-order valence-corrected chi connectivity index (χ2v) is 9.72. The minimum absolute atomic E-state index is 0.0470. The van der Waals surface area contributed by atoms with Crippen molar-refractivity contribution in [1.82, 2.24) is 4.90 Å². The van der Waals surface area contributed by atoms with E-state index in [9.17, 15) is 14.0 Å². The molecular formula is C30H34FN3O2. The monoisotopic (exact) mass is 487 g/mol. The van der Waals surface area contributed by atoms with Crippen molar-refractivity contribution < 1.29 is 14.0 Å². The lowest BCUT2D eigenvalue weighted by Crippen LogP contribution is -2.60. The highest BCUT2D eigenvalue weighted by atomic mass is 19.1. The summed E-state index contributed by atoms with van der Waals surface area (Å²) >= 11 is 0. The fraction of sp³-hybridized carbons (Fsp3) is 0.333. The molecule has 0 atom stereocenters. The van der Waals surface area contributed by atoms with E-state index in [4.69, 9.17) is 0 Å². The molecule has 0 unspecified atom stereocenters. The number of nitrogens with one attached hydrogen (secondary N) is 1. The maximum Gasteiger partial charge on any atom is 0.250 e. The molecule has 4 rings (SSSR count). The van der Waals surface area contributed by atoms with Crippen LogP contribution in [0, 0.1) is 5.82 Å². The minimum atomic E-state index is -1.05. The van der Waals surface area contributed by atoms with Crippen LogP contribution in [0.25, 0.3) is 0 Å². The summed E-state index contributed by atoms with van der Waals surface area (Å²) in [6.07, 6.45) is 3.92. The summed E-state index contributed by atoms with van der Waals surface area (Å²) in [6, 6.07) is 23.6. The second-order valence-electron chi connectivity index (χ2n) is 9.72. The number of amides is 2. The van der Waals surface area contributed by atoms with E-state index in [0.717, 1.165) is 30.5 Å². The molecule has 0 aromatic heterocycles. The third-order valence-corrected chi connectivity index (χ3v) is 7.05. The predicted octanol–water partition coefficient (Wildman–Crippen LogP) is 5.80. The molecule has 0 spiro atoms. The van der Waals surface area contributed by atoms with Crippen LogP contribution in [0.1, 0.15) is 43.2 Å². The van der Waals surface area contributed by atoms with Crippen molar-refractivity contribution in [3.8, 4) is 0 Å². The van der Waals surface area contributed by atoms with Crippen LogP contribution in [-0.2, 0) is 22.6 Å². The summed E-state index contributed by atoms with van der Waals surface area (Å²) in [5.41, 5.74) is 1.93. The molecule has 5 nitrogen and oxygen atoms in total. The Morgan fingerprint density at radius 1 is 0.861 bits per heavy atom. The Morgan fingerprint density at radius 3 is 2.14 bits per heavy atom. The predicted molar refractivity (Wildman–Crippen MR) is 142 cm³/mol. The maximum atomic E-state index is 14.7. The maximum absolute atomic E-state index is 14.7. The highest BCUT2D eigenvalue weighted by Gasteiger charge is 2.47. The van der Waals surface area contributed by atoms with Gasteiger partial charge in [0.2, 0.25) is 11.8 Å². The Bertz CT molecular complexity index is 1170. The van der Waals surface area contributed by atoms with Gasteiger partial charge in [0, 0.05) is 37.6 Å². The van der Waals surface area contributed by atoms with Gasteiger partial charge >= 0.3 is 0 Å². The van der Waals surface area contributed by atoms with Crippen molar-refractivity contribution in [1.29, 1.82) is 0 Å². The molecule has 188 valence electrons. The van der Waals surface area contributed by atoms with Crippen LogP contribution in [-0.4, -0.2) is 36.3 Å². The highest BCUT2D eigenvalue weighted by molar-refractivity contribution is 6.01. The van der Waals surface area contributed by atoms with Gasteiger partial charge in [-0.2, -0.15) is 0 Å². The molecule has 1 saturated carbocycles. The first-order chi connectivity index (χ1) is 17.4.